The van der Waals surface area contributed by atoms with Crippen LogP contribution in [0.2, 0.25) is 0 Å². The van der Waals surface area contributed by atoms with Crippen LogP contribution in [0.25, 0.3) is 11.4 Å². The van der Waals surface area contributed by atoms with Crippen molar-refractivity contribution < 1.29 is 4.79 Å². The Bertz CT molecular complexity index is 1030. The van der Waals surface area contributed by atoms with Crippen molar-refractivity contribution in [1.82, 2.24) is 24.6 Å². The zero-order valence-electron chi connectivity index (χ0n) is 16.5. The van der Waals surface area contributed by atoms with E-state index in [1.54, 1.807) is 4.57 Å². The van der Waals surface area contributed by atoms with Gasteiger partial charge in [0.05, 0.1) is 0 Å². The van der Waals surface area contributed by atoms with Crippen LogP contribution in [0, 0.1) is 11.7 Å². The van der Waals surface area contributed by atoms with Crippen molar-refractivity contribution in [3.8, 4) is 11.4 Å². The molecule has 1 aliphatic heterocycles. The first kappa shape index (κ1) is 19.5. The number of aromatic amines is 1. The number of aromatic nitrogens is 3. The van der Waals surface area contributed by atoms with Crippen LogP contribution in [0.1, 0.15) is 11.1 Å². The number of hydrogen-bond acceptors (Lipinski definition) is 4. The number of aryl methyl sites for hydroxylation is 1. The van der Waals surface area contributed by atoms with Crippen LogP contribution in [0.15, 0.2) is 54.6 Å². The zero-order chi connectivity index (χ0) is 20.2. The maximum Gasteiger partial charge on any atom is 0.242 e. The first-order valence-corrected chi connectivity index (χ1v) is 10.3. The smallest absolute Gasteiger partial charge is 0.242 e. The van der Waals surface area contributed by atoms with Gasteiger partial charge in [0.15, 0.2) is 10.6 Å². The number of benzene rings is 2. The fraction of sp³-hybridized carbons (Fsp3) is 0.318. The Morgan fingerprint density at radius 3 is 2.55 bits per heavy atom. The van der Waals surface area contributed by atoms with Gasteiger partial charge in [-0.15, -0.1) is 0 Å². The summed E-state index contributed by atoms with van der Waals surface area (Å²) in [7, 11) is 0. The number of nitrogens with zero attached hydrogens (tertiary/aromatic N) is 4. The molecule has 4 rings (SSSR count). The fourth-order valence-corrected chi connectivity index (χ4v) is 3.90. The van der Waals surface area contributed by atoms with Gasteiger partial charge in [-0.05, 0) is 30.8 Å². The van der Waals surface area contributed by atoms with Crippen LogP contribution >= 0.6 is 12.2 Å². The van der Waals surface area contributed by atoms with Crippen molar-refractivity contribution in [2.45, 2.75) is 20.0 Å². The van der Waals surface area contributed by atoms with E-state index in [-0.39, 0.29) is 12.5 Å². The lowest BCUT2D eigenvalue weighted by Gasteiger charge is -2.34. The summed E-state index contributed by atoms with van der Waals surface area (Å²) in [6.45, 7) is 6.39. The number of H-pyrrole nitrogens is 1. The molecule has 7 heteroatoms. The maximum atomic E-state index is 12.9. The molecule has 150 valence electrons. The summed E-state index contributed by atoms with van der Waals surface area (Å²) in [6, 6.07) is 18.5. The largest absolute Gasteiger partial charge is 0.339 e. The van der Waals surface area contributed by atoms with Gasteiger partial charge < -0.3 is 4.90 Å². The van der Waals surface area contributed by atoms with Gasteiger partial charge in [0.25, 0.3) is 0 Å². The Labute approximate surface area is 175 Å². The van der Waals surface area contributed by atoms with Crippen LogP contribution in [0.4, 0.5) is 0 Å². The molecule has 3 aromatic rings. The second-order valence-electron chi connectivity index (χ2n) is 7.45. The van der Waals surface area contributed by atoms with Crippen molar-refractivity contribution in [2.24, 2.45) is 0 Å². The van der Waals surface area contributed by atoms with Gasteiger partial charge >= 0.3 is 0 Å². The lowest BCUT2D eigenvalue weighted by Crippen LogP contribution is -2.49. The van der Waals surface area contributed by atoms with Crippen LogP contribution in [0.5, 0.6) is 0 Å². The normalized spacial score (nSPS) is 14.9. The summed E-state index contributed by atoms with van der Waals surface area (Å²) in [4.78, 5) is 17.2. The predicted octanol–water partition coefficient (Wildman–Crippen LogP) is 3.26. The number of carbonyl (C=O) groups is 1. The number of nitrogens with one attached hydrogen (secondary N) is 1. The van der Waals surface area contributed by atoms with E-state index in [1.165, 1.54) is 5.56 Å². The molecule has 0 spiro atoms. The lowest BCUT2D eigenvalue weighted by molar-refractivity contribution is -0.133. The summed E-state index contributed by atoms with van der Waals surface area (Å²) >= 11 is 5.38. The molecule has 1 N–H and O–H groups in total. The molecule has 6 nitrogen and oxygen atoms in total. The Hall–Kier alpha value is -2.77. The second kappa shape index (κ2) is 8.71. The molecule has 0 aliphatic carbocycles. The average Bonchev–Trinajstić information content (AvgIpc) is 3.09. The highest BCUT2D eigenvalue weighted by atomic mass is 32.1. The summed E-state index contributed by atoms with van der Waals surface area (Å²) < 4.78 is 2.26. The molecule has 0 unspecified atom stereocenters. The van der Waals surface area contributed by atoms with Crippen molar-refractivity contribution in [3.63, 3.8) is 0 Å². The summed E-state index contributed by atoms with van der Waals surface area (Å²) in [5.41, 5.74) is 3.40. The van der Waals surface area contributed by atoms with Crippen molar-refractivity contribution >= 4 is 18.1 Å². The molecule has 0 saturated carbocycles. The second-order valence-corrected chi connectivity index (χ2v) is 7.84. The van der Waals surface area contributed by atoms with E-state index in [0.29, 0.717) is 10.6 Å². The van der Waals surface area contributed by atoms with Gasteiger partial charge in [0.1, 0.15) is 6.54 Å². The molecule has 1 aromatic heterocycles. The van der Waals surface area contributed by atoms with Gasteiger partial charge in [-0.1, -0.05) is 54.1 Å². The van der Waals surface area contributed by atoms with E-state index in [2.05, 4.69) is 39.4 Å². The zero-order valence-corrected chi connectivity index (χ0v) is 17.4. The van der Waals surface area contributed by atoms with E-state index < -0.39 is 0 Å². The van der Waals surface area contributed by atoms with E-state index in [1.807, 2.05) is 42.2 Å². The molecule has 1 aliphatic rings. The van der Waals surface area contributed by atoms with Gasteiger partial charge in [-0.2, -0.15) is 5.10 Å². The SMILES string of the molecule is Cc1cccc(-c2n[nH]c(=S)n2CC(=O)N2CCN(Cc3ccccc3)CC2)c1. The van der Waals surface area contributed by atoms with Crippen molar-refractivity contribution in [3.05, 3.63) is 70.5 Å². The third-order valence-electron chi connectivity index (χ3n) is 5.30. The van der Waals surface area contributed by atoms with Crippen LogP contribution in [-0.2, 0) is 17.9 Å². The molecular weight excluding hydrogens is 382 g/mol. The number of piperazine rings is 1. The highest BCUT2D eigenvalue weighted by Gasteiger charge is 2.22. The summed E-state index contributed by atoms with van der Waals surface area (Å²) in [5, 5.41) is 7.19. The number of hydrogen-bond donors (Lipinski definition) is 1. The lowest BCUT2D eigenvalue weighted by atomic mass is 10.1. The molecule has 0 radical (unpaired) electrons. The summed E-state index contributed by atoms with van der Waals surface area (Å²) in [5.74, 6) is 0.783. The minimum Gasteiger partial charge on any atom is -0.339 e. The van der Waals surface area contributed by atoms with Crippen LogP contribution < -0.4 is 0 Å². The van der Waals surface area contributed by atoms with Crippen LogP contribution in [-0.4, -0.2) is 56.7 Å². The number of carbonyl (C=O) groups excluding carboxylic acids is 1. The minimum atomic E-state index is 0.0794. The Kier molecular flexibility index (Phi) is 5.87. The molecular formula is C22H25N5OS. The molecule has 0 bridgehead atoms. The van der Waals surface area contributed by atoms with E-state index >= 15 is 0 Å². The molecule has 29 heavy (non-hydrogen) atoms. The Morgan fingerprint density at radius 2 is 1.83 bits per heavy atom. The fourth-order valence-electron chi connectivity index (χ4n) is 3.70. The molecule has 1 saturated heterocycles. The standard InChI is InChI=1S/C22H25N5OS/c1-17-6-5-9-19(14-17)21-23-24-22(29)27(21)16-20(28)26-12-10-25(11-13-26)15-18-7-3-2-4-8-18/h2-9,14H,10-13,15-16H2,1H3,(H,24,29). The van der Waals surface area contributed by atoms with Crippen LogP contribution in [0.3, 0.4) is 0 Å². The predicted molar refractivity (Wildman–Crippen MR) is 116 cm³/mol. The minimum absolute atomic E-state index is 0.0794. The maximum absolute atomic E-state index is 12.9. The average molecular weight is 408 g/mol. The quantitative estimate of drug-likeness (QED) is 0.660. The first-order chi connectivity index (χ1) is 14.1. The number of rotatable bonds is 5. The Morgan fingerprint density at radius 1 is 1.07 bits per heavy atom. The first-order valence-electron chi connectivity index (χ1n) is 9.86. The molecule has 2 heterocycles. The monoisotopic (exact) mass is 407 g/mol. The van der Waals surface area contributed by atoms with Crippen molar-refractivity contribution in [1.29, 1.82) is 0 Å². The molecule has 1 fully saturated rings. The highest BCUT2D eigenvalue weighted by Crippen LogP contribution is 2.19. The third-order valence-corrected chi connectivity index (χ3v) is 5.61. The Balaban J connectivity index is 1.40. The summed E-state index contributed by atoms with van der Waals surface area (Å²) in [6.07, 6.45) is 0. The molecule has 2 aromatic carbocycles. The van der Waals surface area contributed by atoms with E-state index in [9.17, 15) is 4.79 Å². The van der Waals surface area contributed by atoms with Gasteiger partial charge in [0.2, 0.25) is 5.91 Å². The van der Waals surface area contributed by atoms with Gasteiger partial charge in [-0.3, -0.25) is 19.4 Å². The molecule has 1 amide bonds. The van der Waals surface area contributed by atoms with Crippen molar-refractivity contribution in [2.75, 3.05) is 26.2 Å². The third kappa shape index (κ3) is 4.63. The highest BCUT2D eigenvalue weighted by molar-refractivity contribution is 7.71. The number of amides is 1. The van der Waals surface area contributed by atoms with E-state index in [4.69, 9.17) is 12.2 Å². The van der Waals surface area contributed by atoms with E-state index in [0.717, 1.165) is 43.9 Å². The van der Waals surface area contributed by atoms with Gasteiger partial charge in [-0.25, -0.2) is 0 Å². The topological polar surface area (TPSA) is 57.2 Å². The van der Waals surface area contributed by atoms with Gasteiger partial charge in [0, 0.05) is 38.3 Å². The molecule has 0 atom stereocenters.